The third-order valence-electron chi connectivity index (χ3n) is 2.68. The summed E-state index contributed by atoms with van der Waals surface area (Å²) in [7, 11) is 0. The van der Waals surface area contributed by atoms with Crippen LogP contribution in [0.2, 0.25) is 5.02 Å². The molecule has 3 N–H and O–H groups in total. The second kappa shape index (κ2) is 3.51. The number of rotatable bonds is 2. The van der Waals surface area contributed by atoms with Crippen molar-refractivity contribution in [1.82, 2.24) is 0 Å². The van der Waals surface area contributed by atoms with Gasteiger partial charge in [-0.15, -0.1) is 0 Å². The summed E-state index contributed by atoms with van der Waals surface area (Å²) in [5, 5.41) is 3.48. The standard InChI is InChI=1S/C11H13ClN2O/c1-7-6-8(12)2-3-9(7)14-10(15)11(13)4-5-11/h2-3,6H,4-5,13H2,1H3,(H,14,15). The number of nitrogens with one attached hydrogen (secondary N) is 1. The first-order valence-electron chi connectivity index (χ1n) is 4.88. The molecule has 0 spiro atoms. The van der Waals surface area contributed by atoms with Crippen molar-refractivity contribution in [3.8, 4) is 0 Å². The maximum atomic E-state index is 11.7. The summed E-state index contributed by atoms with van der Waals surface area (Å²) in [5.41, 5.74) is 6.87. The Hall–Kier alpha value is -1.06. The Morgan fingerprint density at radius 2 is 2.20 bits per heavy atom. The zero-order valence-corrected chi connectivity index (χ0v) is 9.27. The third-order valence-corrected chi connectivity index (χ3v) is 2.91. The molecule has 1 aliphatic rings. The molecule has 1 aliphatic carbocycles. The van der Waals surface area contributed by atoms with Crippen molar-refractivity contribution in [3.63, 3.8) is 0 Å². The molecule has 0 bridgehead atoms. The van der Waals surface area contributed by atoms with Crippen molar-refractivity contribution in [3.05, 3.63) is 28.8 Å². The summed E-state index contributed by atoms with van der Waals surface area (Å²) in [6.07, 6.45) is 1.54. The van der Waals surface area contributed by atoms with Gasteiger partial charge in [-0.1, -0.05) is 11.6 Å². The number of nitrogens with two attached hydrogens (primary N) is 1. The van der Waals surface area contributed by atoms with E-state index < -0.39 is 5.54 Å². The molecule has 0 heterocycles. The van der Waals surface area contributed by atoms with Crippen LogP contribution in [0.4, 0.5) is 5.69 Å². The van der Waals surface area contributed by atoms with Crippen LogP contribution >= 0.6 is 11.6 Å². The fourth-order valence-electron chi connectivity index (χ4n) is 1.38. The number of benzene rings is 1. The van der Waals surface area contributed by atoms with Crippen LogP contribution in [-0.4, -0.2) is 11.4 Å². The fourth-order valence-corrected chi connectivity index (χ4v) is 1.60. The van der Waals surface area contributed by atoms with Crippen LogP contribution in [0.5, 0.6) is 0 Å². The van der Waals surface area contributed by atoms with Gasteiger partial charge in [0.15, 0.2) is 0 Å². The van der Waals surface area contributed by atoms with Crippen LogP contribution in [0.15, 0.2) is 18.2 Å². The average Bonchev–Trinajstić information content (AvgIpc) is 2.90. The SMILES string of the molecule is Cc1cc(Cl)ccc1NC(=O)C1(N)CC1. The van der Waals surface area contributed by atoms with Crippen molar-refractivity contribution in [2.24, 2.45) is 5.73 Å². The van der Waals surface area contributed by atoms with E-state index >= 15 is 0 Å². The molecule has 1 amide bonds. The summed E-state index contributed by atoms with van der Waals surface area (Å²) >= 11 is 5.82. The van der Waals surface area contributed by atoms with Gasteiger partial charge in [0.25, 0.3) is 0 Å². The molecule has 1 fully saturated rings. The maximum Gasteiger partial charge on any atom is 0.244 e. The molecule has 0 radical (unpaired) electrons. The predicted octanol–water partition coefficient (Wildman–Crippen LogP) is 2.08. The highest BCUT2D eigenvalue weighted by Gasteiger charge is 2.45. The van der Waals surface area contributed by atoms with Gasteiger partial charge in [-0.05, 0) is 43.5 Å². The van der Waals surface area contributed by atoms with Gasteiger partial charge in [0.2, 0.25) is 5.91 Å². The van der Waals surface area contributed by atoms with Crippen molar-refractivity contribution in [2.75, 3.05) is 5.32 Å². The minimum Gasteiger partial charge on any atom is -0.324 e. The fraction of sp³-hybridized carbons (Fsp3) is 0.364. The summed E-state index contributed by atoms with van der Waals surface area (Å²) in [5.74, 6) is -0.104. The normalized spacial score (nSPS) is 17.3. The molecule has 4 heteroatoms. The first kappa shape index (κ1) is 10.5. The molecule has 1 aromatic rings. The van der Waals surface area contributed by atoms with E-state index in [0.717, 1.165) is 24.1 Å². The second-order valence-corrected chi connectivity index (χ2v) is 4.51. The first-order valence-corrected chi connectivity index (χ1v) is 5.25. The van der Waals surface area contributed by atoms with E-state index in [9.17, 15) is 4.79 Å². The Morgan fingerprint density at radius 3 is 2.73 bits per heavy atom. The Balaban J connectivity index is 2.14. The number of amides is 1. The van der Waals surface area contributed by atoms with Crippen LogP contribution in [0, 0.1) is 6.92 Å². The van der Waals surface area contributed by atoms with Crippen molar-refractivity contribution >= 4 is 23.2 Å². The van der Waals surface area contributed by atoms with Crippen molar-refractivity contribution in [2.45, 2.75) is 25.3 Å². The third kappa shape index (κ3) is 2.13. The van der Waals surface area contributed by atoms with Crippen LogP contribution in [0.25, 0.3) is 0 Å². The van der Waals surface area contributed by atoms with E-state index in [1.807, 2.05) is 13.0 Å². The summed E-state index contributed by atoms with van der Waals surface area (Å²) in [6.45, 7) is 1.90. The predicted molar refractivity (Wildman–Crippen MR) is 61.0 cm³/mol. The van der Waals surface area contributed by atoms with Gasteiger partial charge in [-0.3, -0.25) is 4.79 Å². The molecule has 3 nitrogen and oxygen atoms in total. The quantitative estimate of drug-likeness (QED) is 0.808. The summed E-state index contributed by atoms with van der Waals surface area (Å²) < 4.78 is 0. The molecule has 1 aromatic carbocycles. The lowest BCUT2D eigenvalue weighted by Crippen LogP contribution is -2.37. The first-order chi connectivity index (χ1) is 7.01. The Bertz CT molecular complexity index is 413. The zero-order chi connectivity index (χ0) is 11.1. The minimum absolute atomic E-state index is 0.104. The Kier molecular flexibility index (Phi) is 2.44. The molecular formula is C11H13ClN2O. The number of hydrogen-bond donors (Lipinski definition) is 2. The molecular weight excluding hydrogens is 212 g/mol. The maximum absolute atomic E-state index is 11.7. The van der Waals surface area contributed by atoms with Gasteiger partial charge >= 0.3 is 0 Å². The molecule has 2 rings (SSSR count). The molecule has 0 aliphatic heterocycles. The molecule has 15 heavy (non-hydrogen) atoms. The highest BCUT2D eigenvalue weighted by molar-refractivity contribution is 6.30. The molecule has 0 atom stereocenters. The van der Waals surface area contributed by atoms with E-state index in [1.54, 1.807) is 12.1 Å². The average molecular weight is 225 g/mol. The Labute approximate surface area is 93.6 Å². The second-order valence-electron chi connectivity index (χ2n) is 4.07. The number of carbonyl (C=O) groups is 1. The largest absolute Gasteiger partial charge is 0.324 e. The van der Waals surface area contributed by atoms with Gasteiger partial charge in [-0.25, -0.2) is 0 Å². The van der Waals surface area contributed by atoms with E-state index in [2.05, 4.69) is 5.32 Å². The number of carbonyl (C=O) groups excluding carboxylic acids is 1. The number of aryl methyl sites for hydroxylation is 1. The highest BCUT2D eigenvalue weighted by Crippen LogP contribution is 2.33. The van der Waals surface area contributed by atoms with E-state index in [0.29, 0.717) is 5.02 Å². The van der Waals surface area contributed by atoms with Gasteiger partial charge < -0.3 is 11.1 Å². The molecule has 80 valence electrons. The van der Waals surface area contributed by atoms with Crippen LogP contribution in [0.1, 0.15) is 18.4 Å². The zero-order valence-electron chi connectivity index (χ0n) is 8.51. The minimum atomic E-state index is -0.633. The van der Waals surface area contributed by atoms with Gasteiger partial charge in [0.1, 0.15) is 0 Å². The van der Waals surface area contributed by atoms with Crippen LogP contribution < -0.4 is 11.1 Å². The molecule has 0 aromatic heterocycles. The molecule has 0 unspecified atom stereocenters. The highest BCUT2D eigenvalue weighted by atomic mass is 35.5. The van der Waals surface area contributed by atoms with Gasteiger partial charge in [0, 0.05) is 10.7 Å². The van der Waals surface area contributed by atoms with E-state index in [-0.39, 0.29) is 5.91 Å². The van der Waals surface area contributed by atoms with Gasteiger partial charge in [0.05, 0.1) is 5.54 Å². The topological polar surface area (TPSA) is 55.1 Å². The molecule has 1 saturated carbocycles. The lowest BCUT2D eigenvalue weighted by atomic mass is 10.2. The lowest BCUT2D eigenvalue weighted by molar-refractivity contribution is -0.118. The monoisotopic (exact) mass is 224 g/mol. The lowest BCUT2D eigenvalue weighted by Gasteiger charge is -2.12. The Morgan fingerprint density at radius 1 is 1.53 bits per heavy atom. The van der Waals surface area contributed by atoms with Crippen molar-refractivity contribution < 1.29 is 4.79 Å². The molecule has 0 saturated heterocycles. The van der Waals surface area contributed by atoms with E-state index in [1.165, 1.54) is 0 Å². The number of anilines is 1. The van der Waals surface area contributed by atoms with Crippen molar-refractivity contribution in [1.29, 1.82) is 0 Å². The van der Waals surface area contributed by atoms with E-state index in [4.69, 9.17) is 17.3 Å². The van der Waals surface area contributed by atoms with Gasteiger partial charge in [-0.2, -0.15) is 0 Å². The number of hydrogen-bond acceptors (Lipinski definition) is 2. The smallest absolute Gasteiger partial charge is 0.244 e. The summed E-state index contributed by atoms with van der Waals surface area (Å²) in [4.78, 5) is 11.7. The van der Waals surface area contributed by atoms with Crippen LogP contribution in [-0.2, 0) is 4.79 Å². The van der Waals surface area contributed by atoms with Crippen LogP contribution in [0.3, 0.4) is 0 Å². The number of halogens is 1. The summed E-state index contributed by atoms with van der Waals surface area (Å²) in [6, 6.07) is 5.36.